The predicted octanol–water partition coefficient (Wildman–Crippen LogP) is 3.55. The summed E-state index contributed by atoms with van der Waals surface area (Å²) in [4.78, 5) is 0. The van der Waals surface area contributed by atoms with E-state index in [9.17, 15) is 0 Å². The van der Waals surface area contributed by atoms with Gasteiger partial charge >= 0.3 is 0 Å². The molecule has 1 aromatic carbocycles. The number of hydrogen-bond acceptors (Lipinski definition) is 1. The number of rotatable bonds is 3. The van der Waals surface area contributed by atoms with E-state index >= 15 is 0 Å². The van der Waals surface area contributed by atoms with Crippen LogP contribution in [0.3, 0.4) is 0 Å². The first-order chi connectivity index (χ1) is 7.78. The molecule has 1 aromatic rings. The lowest BCUT2D eigenvalue weighted by Gasteiger charge is -2.23. The Balaban J connectivity index is 2.04. The normalized spacial score (nSPS) is 21.0. The zero-order valence-electron chi connectivity index (χ0n) is 9.93. The third kappa shape index (κ3) is 3.33. The fourth-order valence-corrected chi connectivity index (χ4v) is 3.06. The van der Waals surface area contributed by atoms with Gasteiger partial charge in [-0.05, 0) is 68.0 Å². The van der Waals surface area contributed by atoms with Crippen LogP contribution < -0.4 is 5.32 Å². The van der Waals surface area contributed by atoms with E-state index in [1.807, 2.05) is 0 Å². The molecular formula is C14H20BrN. The van der Waals surface area contributed by atoms with Crippen LogP contribution >= 0.6 is 15.9 Å². The van der Waals surface area contributed by atoms with Crippen LogP contribution in [-0.4, -0.2) is 13.1 Å². The van der Waals surface area contributed by atoms with E-state index in [1.165, 1.54) is 48.0 Å². The lowest BCUT2D eigenvalue weighted by atomic mass is 9.91. The van der Waals surface area contributed by atoms with E-state index in [0.29, 0.717) is 0 Å². The first-order valence-corrected chi connectivity index (χ1v) is 7.06. The van der Waals surface area contributed by atoms with Crippen molar-refractivity contribution in [2.24, 2.45) is 5.92 Å². The van der Waals surface area contributed by atoms with Crippen LogP contribution in [0.15, 0.2) is 22.7 Å². The number of nitrogens with one attached hydrogen (secondary N) is 1. The van der Waals surface area contributed by atoms with Gasteiger partial charge in [0.2, 0.25) is 0 Å². The maximum atomic E-state index is 3.60. The highest BCUT2D eigenvalue weighted by molar-refractivity contribution is 9.10. The second-order valence-corrected chi connectivity index (χ2v) is 5.65. The highest BCUT2D eigenvalue weighted by atomic mass is 79.9. The quantitative estimate of drug-likeness (QED) is 0.894. The molecule has 1 aliphatic heterocycles. The Kier molecular flexibility index (Phi) is 4.42. The van der Waals surface area contributed by atoms with Gasteiger partial charge in [0.1, 0.15) is 0 Å². The Morgan fingerprint density at radius 3 is 2.81 bits per heavy atom. The van der Waals surface area contributed by atoms with Gasteiger partial charge in [-0.25, -0.2) is 0 Å². The third-order valence-electron chi connectivity index (χ3n) is 3.35. The summed E-state index contributed by atoms with van der Waals surface area (Å²) >= 11 is 3.60. The third-order valence-corrected chi connectivity index (χ3v) is 3.81. The van der Waals surface area contributed by atoms with Gasteiger partial charge in [-0.1, -0.05) is 28.9 Å². The fraction of sp³-hybridized carbons (Fsp3) is 0.571. The van der Waals surface area contributed by atoms with Gasteiger partial charge in [0.25, 0.3) is 0 Å². The number of aryl methyl sites for hydroxylation is 1. The molecule has 2 rings (SSSR count). The molecule has 1 N–H and O–H groups in total. The van der Waals surface area contributed by atoms with Crippen molar-refractivity contribution >= 4 is 15.9 Å². The average Bonchev–Trinajstić information content (AvgIpc) is 2.29. The van der Waals surface area contributed by atoms with Gasteiger partial charge < -0.3 is 5.32 Å². The molecule has 16 heavy (non-hydrogen) atoms. The van der Waals surface area contributed by atoms with Crippen LogP contribution in [0.5, 0.6) is 0 Å². The highest BCUT2D eigenvalue weighted by Gasteiger charge is 2.13. The lowest BCUT2D eigenvalue weighted by Crippen LogP contribution is -2.30. The molecule has 88 valence electrons. The summed E-state index contributed by atoms with van der Waals surface area (Å²) in [5, 5.41) is 3.49. The molecule has 1 aliphatic rings. The number of piperidine rings is 1. The molecule has 0 aromatic heterocycles. The summed E-state index contributed by atoms with van der Waals surface area (Å²) in [7, 11) is 0. The standard InChI is InChI=1S/C14H20BrN/c1-2-11-6-13(9-14(15)8-11)7-12-4-3-5-16-10-12/h6,8-9,12,16H,2-5,7,10H2,1H3. The van der Waals surface area contributed by atoms with Gasteiger partial charge in [0.15, 0.2) is 0 Å². The minimum absolute atomic E-state index is 0.827. The van der Waals surface area contributed by atoms with Crippen LogP contribution in [0.25, 0.3) is 0 Å². The second-order valence-electron chi connectivity index (χ2n) is 4.74. The molecule has 0 spiro atoms. The lowest BCUT2D eigenvalue weighted by molar-refractivity contribution is 0.376. The average molecular weight is 282 g/mol. The summed E-state index contributed by atoms with van der Waals surface area (Å²) in [6.07, 6.45) is 5.05. The van der Waals surface area contributed by atoms with Gasteiger partial charge in [0.05, 0.1) is 0 Å². The Hall–Kier alpha value is -0.340. The molecule has 1 nitrogen and oxygen atoms in total. The largest absolute Gasteiger partial charge is 0.316 e. The topological polar surface area (TPSA) is 12.0 Å². The molecule has 1 atom stereocenters. The summed E-state index contributed by atoms with van der Waals surface area (Å²) in [6, 6.07) is 6.86. The van der Waals surface area contributed by atoms with Crippen molar-refractivity contribution in [2.75, 3.05) is 13.1 Å². The van der Waals surface area contributed by atoms with E-state index < -0.39 is 0 Å². The number of benzene rings is 1. The maximum absolute atomic E-state index is 3.60. The molecule has 1 unspecified atom stereocenters. The van der Waals surface area contributed by atoms with Gasteiger partial charge in [-0.15, -0.1) is 0 Å². The first kappa shape index (κ1) is 12.1. The Morgan fingerprint density at radius 1 is 1.31 bits per heavy atom. The smallest absolute Gasteiger partial charge is 0.0180 e. The summed E-state index contributed by atoms with van der Waals surface area (Å²) in [6.45, 7) is 4.61. The Bertz CT molecular complexity index is 343. The van der Waals surface area contributed by atoms with E-state index in [2.05, 4.69) is 46.4 Å². The van der Waals surface area contributed by atoms with Gasteiger partial charge in [0, 0.05) is 4.47 Å². The van der Waals surface area contributed by atoms with E-state index in [1.54, 1.807) is 0 Å². The van der Waals surface area contributed by atoms with Crippen LogP contribution in [0.1, 0.15) is 30.9 Å². The monoisotopic (exact) mass is 281 g/mol. The van der Waals surface area contributed by atoms with E-state index in [-0.39, 0.29) is 0 Å². The zero-order valence-corrected chi connectivity index (χ0v) is 11.5. The molecule has 0 aliphatic carbocycles. The van der Waals surface area contributed by atoms with Crippen molar-refractivity contribution < 1.29 is 0 Å². The van der Waals surface area contributed by atoms with Gasteiger partial charge in [-0.2, -0.15) is 0 Å². The summed E-state index contributed by atoms with van der Waals surface area (Å²) in [5.74, 6) is 0.827. The minimum Gasteiger partial charge on any atom is -0.316 e. The first-order valence-electron chi connectivity index (χ1n) is 6.27. The van der Waals surface area contributed by atoms with Crippen molar-refractivity contribution in [3.05, 3.63) is 33.8 Å². The second kappa shape index (κ2) is 5.83. The van der Waals surface area contributed by atoms with E-state index in [4.69, 9.17) is 0 Å². The van der Waals surface area contributed by atoms with Crippen LogP contribution in [0.2, 0.25) is 0 Å². The molecule has 0 amide bonds. The molecule has 0 bridgehead atoms. The van der Waals surface area contributed by atoms with Gasteiger partial charge in [-0.3, -0.25) is 0 Å². The minimum atomic E-state index is 0.827. The molecule has 0 radical (unpaired) electrons. The molecule has 2 heteroatoms. The van der Waals surface area contributed by atoms with Crippen LogP contribution in [0.4, 0.5) is 0 Å². The molecule has 1 heterocycles. The molecule has 0 saturated carbocycles. The van der Waals surface area contributed by atoms with Crippen molar-refractivity contribution in [1.82, 2.24) is 5.32 Å². The van der Waals surface area contributed by atoms with Crippen molar-refractivity contribution in [1.29, 1.82) is 0 Å². The summed E-state index contributed by atoms with van der Waals surface area (Å²) < 4.78 is 1.23. The van der Waals surface area contributed by atoms with Crippen molar-refractivity contribution in [3.63, 3.8) is 0 Å². The van der Waals surface area contributed by atoms with Crippen LogP contribution in [0, 0.1) is 5.92 Å². The molecular weight excluding hydrogens is 262 g/mol. The number of halogens is 1. The zero-order chi connectivity index (χ0) is 11.4. The van der Waals surface area contributed by atoms with Crippen molar-refractivity contribution in [2.45, 2.75) is 32.6 Å². The van der Waals surface area contributed by atoms with E-state index in [0.717, 1.165) is 12.3 Å². The predicted molar refractivity (Wildman–Crippen MR) is 72.8 cm³/mol. The Labute approximate surface area is 107 Å². The fourth-order valence-electron chi connectivity index (χ4n) is 2.47. The summed E-state index contributed by atoms with van der Waals surface area (Å²) in [5.41, 5.74) is 2.92. The Morgan fingerprint density at radius 2 is 2.12 bits per heavy atom. The maximum Gasteiger partial charge on any atom is 0.0180 e. The van der Waals surface area contributed by atoms with Crippen LogP contribution in [-0.2, 0) is 12.8 Å². The molecule has 1 saturated heterocycles. The van der Waals surface area contributed by atoms with Crippen molar-refractivity contribution in [3.8, 4) is 0 Å². The SMILES string of the molecule is CCc1cc(Br)cc(CC2CCCNC2)c1. The number of hydrogen-bond donors (Lipinski definition) is 1. The highest BCUT2D eigenvalue weighted by Crippen LogP contribution is 2.21. The molecule has 1 fully saturated rings.